The highest BCUT2D eigenvalue weighted by Gasteiger charge is 2.14. The van der Waals surface area contributed by atoms with Gasteiger partial charge >= 0.3 is 5.97 Å². The summed E-state index contributed by atoms with van der Waals surface area (Å²) in [5.41, 5.74) is 10.6. The van der Waals surface area contributed by atoms with Crippen LogP contribution in [0.3, 0.4) is 0 Å². The van der Waals surface area contributed by atoms with Crippen molar-refractivity contribution in [3.05, 3.63) is 29.0 Å². The van der Waals surface area contributed by atoms with E-state index in [2.05, 4.69) is 4.74 Å². The Labute approximate surface area is 108 Å². The number of ether oxygens (including phenoxy) is 2. The van der Waals surface area contributed by atoms with Crippen LogP contribution < -0.4 is 16.2 Å². The zero-order chi connectivity index (χ0) is 14.6. The second-order valence-corrected chi connectivity index (χ2v) is 3.62. The molecule has 0 atom stereocenters. The number of hydrogen-bond acceptors (Lipinski definition) is 5. The lowest BCUT2D eigenvalue weighted by atomic mass is 10.1. The summed E-state index contributed by atoms with van der Waals surface area (Å²) in [7, 11) is 2.55. The number of alkyl halides is 2. The van der Waals surface area contributed by atoms with Gasteiger partial charge in [0.2, 0.25) is 0 Å². The summed E-state index contributed by atoms with van der Waals surface area (Å²) in [6.45, 7) is 0. The number of allylic oxidation sites excluding steroid dienone is 1. The van der Waals surface area contributed by atoms with Crippen LogP contribution in [0.15, 0.2) is 17.8 Å². The minimum Gasteiger partial charge on any atom is -0.495 e. The summed E-state index contributed by atoms with van der Waals surface area (Å²) < 4.78 is 34.3. The molecule has 0 saturated carbocycles. The molecule has 0 unspecified atom stereocenters. The number of anilines is 1. The number of nitrogens with two attached hydrogens (primary N) is 2. The third-order valence-corrected chi connectivity index (χ3v) is 2.39. The average molecular weight is 272 g/mol. The van der Waals surface area contributed by atoms with Crippen molar-refractivity contribution in [1.29, 1.82) is 0 Å². The molecule has 0 aromatic heterocycles. The van der Waals surface area contributed by atoms with Gasteiger partial charge in [-0.05, 0) is 18.2 Å². The van der Waals surface area contributed by atoms with Gasteiger partial charge in [-0.3, -0.25) is 0 Å². The fourth-order valence-corrected chi connectivity index (χ4v) is 1.41. The Morgan fingerprint density at radius 2 is 2.00 bits per heavy atom. The predicted molar refractivity (Wildman–Crippen MR) is 66.9 cm³/mol. The van der Waals surface area contributed by atoms with Crippen LogP contribution in [-0.2, 0) is 4.74 Å². The molecule has 0 amide bonds. The van der Waals surface area contributed by atoms with Gasteiger partial charge in [0.15, 0.2) is 0 Å². The molecule has 0 heterocycles. The fourth-order valence-electron chi connectivity index (χ4n) is 1.41. The van der Waals surface area contributed by atoms with Crippen LogP contribution in [0.4, 0.5) is 14.5 Å². The maximum absolute atomic E-state index is 12.4. The van der Waals surface area contributed by atoms with Crippen molar-refractivity contribution in [1.82, 2.24) is 0 Å². The van der Waals surface area contributed by atoms with Crippen molar-refractivity contribution >= 4 is 17.7 Å². The summed E-state index contributed by atoms with van der Waals surface area (Å²) in [4.78, 5) is 11.4. The Kier molecular flexibility index (Phi) is 4.68. The van der Waals surface area contributed by atoms with Crippen LogP contribution in [0, 0.1) is 0 Å². The van der Waals surface area contributed by atoms with Crippen LogP contribution >= 0.6 is 0 Å². The topological polar surface area (TPSA) is 87.6 Å². The maximum atomic E-state index is 12.4. The number of carbonyl (C=O) groups is 1. The zero-order valence-electron chi connectivity index (χ0n) is 10.4. The molecular weight excluding hydrogens is 258 g/mol. The average Bonchev–Trinajstić information content (AvgIpc) is 2.39. The number of hydrogen-bond donors (Lipinski definition) is 2. The summed E-state index contributed by atoms with van der Waals surface area (Å²) in [5.74, 6) is -0.459. The molecule has 0 fully saturated rings. The number of esters is 1. The van der Waals surface area contributed by atoms with E-state index in [1.165, 1.54) is 26.4 Å². The summed E-state index contributed by atoms with van der Waals surface area (Å²) in [6, 6.07) is 2.66. The Morgan fingerprint density at radius 3 is 2.47 bits per heavy atom. The zero-order valence-corrected chi connectivity index (χ0v) is 10.4. The molecule has 0 bridgehead atoms. The van der Waals surface area contributed by atoms with Crippen LogP contribution in [0.5, 0.6) is 5.75 Å². The second-order valence-electron chi connectivity index (χ2n) is 3.62. The second kappa shape index (κ2) is 6.03. The molecule has 104 valence electrons. The number of halogens is 2. The van der Waals surface area contributed by atoms with E-state index in [0.717, 1.165) is 6.08 Å². The van der Waals surface area contributed by atoms with Crippen molar-refractivity contribution in [2.24, 2.45) is 5.73 Å². The van der Waals surface area contributed by atoms with Crippen molar-refractivity contribution < 1.29 is 23.0 Å². The molecule has 0 radical (unpaired) electrons. The number of rotatable bonds is 4. The molecule has 0 saturated heterocycles. The molecule has 0 aliphatic carbocycles. The Morgan fingerprint density at radius 1 is 1.37 bits per heavy atom. The van der Waals surface area contributed by atoms with E-state index in [9.17, 15) is 13.6 Å². The maximum Gasteiger partial charge on any atom is 0.338 e. The predicted octanol–water partition coefficient (Wildman–Crippen LogP) is 1.63. The summed E-state index contributed by atoms with van der Waals surface area (Å²) in [5, 5.41) is 0. The first-order valence-electron chi connectivity index (χ1n) is 5.21. The van der Waals surface area contributed by atoms with Gasteiger partial charge in [-0.1, -0.05) is 0 Å². The normalized spacial score (nSPS) is 11.5. The first kappa shape index (κ1) is 14.7. The van der Waals surface area contributed by atoms with E-state index < -0.39 is 18.1 Å². The van der Waals surface area contributed by atoms with E-state index in [1.807, 2.05) is 0 Å². The molecule has 1 rings (SSSR count). The standard InChI is InChI=1S/C12H14F2N2O3/c1-18-9-5-7(12(17)19-2)3-6(10(9)16)4-8(15)11(13)14/h3-5,11H,15-16H2,1-2H3/b8-4-. The van der Waals surface area contributed by atoms with E-state index in [0.29, 0.717) is 0 Å². The van der Waals surface area contributed by atoms with Crippen molar-refractivity contribution in [2.45, 2.75) is 6.43 Å². The summed E-state index contributed by atoms with van der Waals surface area (Å²) >= 11 is 0. The minimum absolute atomic E-state index is 0.110. The number of benzene rings is 1. The van der Waals surface area contributed by atoms with Crippen molar-refractivity contribution in [2.75, 3.05) is 20.0 Å². The van der Waals surface area contributed by atoms with E-state index in [-0.39, 0.29) is 22.6 Å². The molecule has 1 aromatic rings. The van der Waals surface area contributed by atoms with Crippen molar-refractivity contribution in [3.8, 4) is 5.75 Å². The van der Waals surface area contributed by atoms with Crippen LogP contribution in [-0.4, -0.2) is 26.6 Å². The molecule has 4 N–H and O–H groups in total. The molecule has 19 heavy (non-hydrogen) atoms. The van der Waals surface area contributed by atoms with Crippen LogP contribution in [0.1, 0.15) is 15.9 Å². The quantitative estimate of drug-likeness (QED) is 0.642. The Hall–Kier alpha value is -2.31. The van der Waals surface area contributed by atoms with Crippen LogP contribution in [0.2, 0.25) is 0 Å². The third kappa shape index (κ3) is 3.34. The lowest BCUT2D eigenvalue weighted by molar-refractivity contribution is 0.0600. The van der Waals surface area contributed by atoms with Gasteiger partial charge in [-0.15, -0.1) is 0 Å². The van der Waals surface area contributed by atoms with Gasteiger partial charge in [-0.2, -0.15) is 0 Å². The van der Waals surface area contributed by atoms with Gasteiger partial charge in [0.05, 0.1) is 31.2 Å². The lowest BCUT2D eigenvalue weighted by Gasteiger charge is -2.11. The van der Waals surface area contributed by atoms with Crippen LogP contribution in [0.25, 0.3) is 6.08 Å². The van der Waals surface area contributed by atoms with Gasteiger partial charge < -0.3 is 20.9 Å². The SMILES string of the molecule is COC(=O)c1cc(/C=C(\N)C(F)F)c(N)c(OC)c1. The highest BCUT2D eigenvalue weighted by atomic mass is 19.3. The lowest BCUT2D eigenvalue weighted by Crippen LogP contribution is -2.09. The molecular formula is C12H14F2N2O3. The first-order chi connectivity index (χ1) is 8.90. The number of carbonyl (C=O) groups excluding carboxylic acids is 1. The molecule has 7 heteroatoms. The monoisotopic (exact) mass is 272 g/mol. The molecule has 5 nitrogen and oxygen atoms in total. The van der Waals surface area contributed by atoms with E-state index in [4.69, 9.17) is 16.2 Å². The first-order valence-corrected chi connectivity index (χ1v) is 5.21. The largest absolute Gasteiger partial charge is 0.495 e. The Balaban J connectivity index is 3.37. The van der Waals surface area contributed by atoms with Gasteiger partial charge in [0, 0.05) is 5.56 Å². The summed E-state index contributed by atoms with van der Waals surface area (Å²) in [6.07, 6.45) is -1.82. The highest BCUT2D eigenvalue weighted by molar-refractivity contribution is 5.92. The molecule has 0 aliphatic heterocycles. The molecule has 1 aromatic carbocycles. The van der Waals surface area contributed by atoms with E-state index in [1.54, 1.807) is 0 Å². The van der Waals surface area contributed by atoms with E-state index >= 15 is 0 Å². The molecule has 0 aliphatic rings. The number of methoxy groups -OCH3 is 2. The van der Waals surface area contributed by atoms with Gasteiger partial charge in [0.25, 0.3) is 6.43 Å². The minimum atomic E-state index is -2.81. The third-order valence-electron chi connectivity index (χ3n) is 2.39. The smallest absolute Gasteiger partial charge is 0.338 e. The van der Waals surface area contributed by atoms with Gasteiger partial charge in [0.1, 0.15) is 5.75 Å². The fraction of sp³-hybridized carbons (Fsp3) is 0.250. The highest BCUT2D eigenvalue weighted by Crippen LogP contribution is 2.29. The van der Waals surface area contributed by atoms with Crippen molar-refractivity contribution in [3.63, 3.8) is 0 Å². The molecule has 0 spiro atoms. The Bertz CT molecular complexity index is 516. The number of nitrogen functional groups attached to an aromatic ring is 1. The van der Waals surface area contributed by atoms with Gasteiger partial charge in [-0.25, -0.2) is 13.6 Å².